The Hall–Kier alpha value is -0.0161. The molecule has 0 aliphatic heterocycles. The van der Waals surface area contributed by atoms with Crippen molar-refractivity contribution in [2.75, 3.05) is 40.3 Å². The smallest absolute Gasteiger partial charge is 0.0998 e. The molecular weight excluding hydrogens is 405 g/mol. The van der Waals surface area contributed by atoms with Gasteiger partial charge in [-0.05, 0) is 77.7 Å². The third kappa shape index (κ3) is 19.1. The first kappa shape index (κ1) is 31.7. The Morgan fingerprint density at radius 3 is 1.04 bits per heavy atom. The third-order valence-corrected chi connectivity index (χ3v) is 4.50. The normalized spacial score (nSPS) is 14.4. The van der Waals surface area contributed by atoms with E-state index in [1.54, 1.807) is 0 Å². The molecule has 0 saturated heterocycles. The van der Waals surface area contributed by atoms with E-state index >= 15 is 0 Å². The first-order chi connectivity index (χ1) is 11.8. The van der Waals surface area contributed by atoms with Crippen LogP contribution in [0, 0.1) is 14.1 Å². The fourth-order valence-corrected chi connectivity index (χ4v) is 2.89. The van der Waals surface area contributed by atoms with Gasteiger partial charge in [-0.15, -0.1) is 0 Å². The number of likely N-dealkylation sites (N-methyl/N-ethyl adjacent to an activating group) is 1. The molecule has 0 aromatic rings. The number of nitrogens with zero attached hydrogens (tertiary/aromatic N) is 2. The Kier molecular flexibility index (Phi) is 18.6. The van der Waals surface area contributed by atoms with E-state index in [0.717, 1.165) is 30.7 Å². The molecule has 27 heavy (non-hydrogen) atoms. The first-order valence-corrected chi connectivity index (χ1v) is 9.67. The summed E-state index contributed by atoms with van der Waals surface area (Å²) >= 11 is 0. The topological polar surface area (TPSA) is 0 Å². The second-order valence-corrected chi connectivity index (χ2v) is 8.45. The van der Waals surface area contributed by atoms with E-state index in [0.29, 0.717) is 4.48 Å². The summed E-state index contributed by atoms with van der Waals surface area (Å²) in [5.41, 5.74) is 5.62. The second kappa shape index (κ2) is 15.9. The maximum atomic E-state index is 4.09. The standard InChI is InChI=1S/C12H24N.C12H22N.Y/c2*1-7-11(3)9-13(5,6)10-12(4)8-2;/h7-8H,9-10H2,1-6H3;7-8H,5-6,9-10H2,1-4H3;/q+1;-1;/b2*11-7-,12-8-;. The van der Waals surface area contributed by atoms with E-state index in [1.807, 2.05) is 0 Å². The average molecular weight is 452 g/mol. The van der Waals surface area contributed by atoms with Crippen LogP contribution in [0.4, 0.5) is 0 Å². The van der Waals surface area contributed by atoms with E-state index in [1.165, 1.54) is 22.3 Å². The molecular formula is C24H46N2Y. The van der Waals surface area contributed by atoms with Crippen LogP contribution >= 0.6 is 0 Å². The molecule has 0 fully saturated rings. The van der Waals surface area contributed by atoms with Crippen molar-refractivity contribution in [1.29, 1.82) is 0 Å². The van der Waals surface area contributed by atoms with E-state index in [4.69, 9.17) is 0 Å². The minimum absolute atomic E-state index is 0. The zero-order valence-corrected chi connectivity index (χ0v) is 22.9. The molecule has 0 unspecified atom stereocenters. The summed E-state index contributed by atoms with van der Waals surface area (Å²) in [5.74, 6) is 0. The molecule has 0 atom stereocenters. The average Bonchev–Trinajstić information content (AvgIpc) is 2.52. The Morgan fingerprint density at radius 2 is 0.815 bits per heavy atom. The van der Waals surface area contributed by atoms with Crippen LogP contribution in [0.5, 0.6) is 0 Å². The van der Waals surface area contributed by atoms with Crippen LogP contribution in [0.25, 0.3) is 0 Å². The maximum absolute atomic E-state index is 4.09. The number of allylic oxidation sites excluding steroid dienone is 4. The zero-order valence-electron chi connectivity index (χ0n) is 20.0. The van der Waals surface area contributed by atoms with Crippen LogP contribution in [0.15, 0.2) is 46.6 Å². The fourth-order valence-electron chi connectivity index (χ4n) is 2.89. The van der Waals surface area contributed by atoms with Gasteiger partial charge in [0, 0.05) is 32.7 Å². The van der Waals surface area contributed by atoms with E-state index < -0.39 is 0 Å². The summed E-state index contributed by atoms with van der Waals surface area (Å²) in [6, 6.07) is 0. The molecule has 155 valence electrons. The van der Waals surface area contributed by atoms with Crippen molar-refractivity contribution in [1.82, 2.24) is 0 Å². The largest absolute Gasteiger partial charge is 0.588 e. The van der Waals surface area contributed by atoms with Crippen molar-refractivity contribution in [3.63, 3.8) is 0 Å². The van der Waals surface area contributed by atoms with Crippen molar-refractivity contribution in [3.05, 3.63) is 60.7 Å². The number of hydrogen-bond acceptors (Lipinski definition) is 0. The molecule has 0 N–H and O–H groups in total. The van der Waals surface area contributed by atoms with Crippen LogP contribution in [0.2, 0.25) is 0 Å². The van der Waals surface area contributed by atoms with Gasteiger partial charge >= 0.3 is 0 Å². The van der Waals surface area contributed by atoms with Gasteiger partial charge in [-0.25, -0.2) is 0 Å². The van der Waals surface area contributed by atoms with Crippen LogP contribution in [0.1, 0.15) is 55.4 Å². The van der Waals surface area contributed by atoms with E-state index in [2.05, 4.69) is 108 Å². The molecule has 0 bridgehead atoms. The summed E-state index contributed by atoms with van der Waals surface area (Å²) in [6.45, 7) is 21.1. The van der Waals surface area contributed by atoms with Gasteiger partial charge in [0.15, 0.2) is 0 Å². The maximum Gasteiger partial charge on any atom is 0.0998 e. The molecule has 0 aromatic carbocycles. The molecule has 0 heterocycles. The zero-order chi connectivity index (χ0) is 21.0. The quantitative estimate of drug-likeness (QED) is 0.230. The minimum Gasteiger partial charge on any atom is -0.588 e. The third-order valence-electron chi connectivity index (χ3n) is 4.50. The predicted molar refractivity (Wildman–Crippen MR) is 120 cm³/mol. The van der Waals surface area contributed by atoms with Crippen molar-refractivity contribution < 1.29 is 41.7 Å². The predicted octanol–water partition coefficient (Wildman–Crippen LogP) is 6.31. The fraction of sp³-hybridized carbons (Fsp3) is 0.583. The van der Waals surface area contributed by atoms with Crippen LogP contribution in [-0.2, 0) is 32.7 Å². The minimum atomic E-state index is 0. The van der Waals surface area contributed by atoms with Crippen molar-refractivity contribution in [2.45, 2.75) is 55.4 Å². The Bertz CT molecular complexity index is 428. The molecule has 0 spiro atoms. The van der Waals surface area contributed by atoms with Crippen LogP contribution in [0.3, 0.4) is 0 Å². The molecule has 2 nitrogen and oxygen atoms in total. The molecule has 0 aliphatic carbocycles. The van der Waals surface area contributed by atoms with Crippen molar-refractivity contribution in [2.24, 2.45) is 0 Å². The van der Waals surface area contributed by atoms with Gasteiger partial charge in [-0.3, -0.25) is 0 Å². The van der Waals surface area contributed by atoms with Crippen LogP contribution < -0.4 is 0 Å². The molecule has 1 radical (unpaired) electrons. The number of quaternary nitrogens is 2. The SMILES string of the molecule is C/C=C(/C)C[N+](C)(C)C/C(C)=C\C.[CH2-][N+]([CH2-])(C/C(C)=C\C)C/C(C)=C\C.[Y]. The first-order valence-electron chi connectivity index (χ1n) is 9.67. The van der Waals surface area contributed by atoms with E-state index in [9.17, 15) is 0 Å². The summed E-state index contributed by atoms with van der Waals surface area (Å²) in [7, 11) is 12.7. The molecule has 0 aliphatic rings. The monoisotopic (exact) mass is 451 g/mol. The van der Waals surface area contributed by atoms with Crippen molar-refractivity contribution in [3.8, 4) is 0 Å². The number of hydrogen-bond donors (Lipinski definition) is 0. The molecule has 0 rings (SSSR count). The Labute approximate surface area is 197 Å². The summed E-state index contributed by atoms with van der Waals surface area (Å²) < 4.78 is 1.60. The molecule has 0 saturated carbocycles. The van der Waals surface area contributed by atoms with Gasteiger partial charge in [-0.2, -0.15) is 14.1 Å². The molecule has 3 heteroatoms. The van der Waals surface area contributed by atoms with Gasteiger partial charge in [0.25, 0.3) is 0 Å². The molecule has 0 aromatic heterocycles. The van der Waals surface area contributed by atoms with Gasteiger partial charge in [-0.1, -0.05) is 24.3 Å². The Balaban J connectivity index is -0.000000411. The van der Waals surface area contributed by atoms with Gasteiger partial charge in [0.05, 0.1) is 40.3 Å². The number of rotatable bonds is 8. The Morgan fingerprint density at radius 1 is 0.593 bits per heavy atom. The van der Waals surface area contributed by atoms with Crippen molar-refractivity contribution >= 4 is 0 Å². The van der Waals surface area contributed by atoms with Gasteiger partial charge < -0.3 is 8.97 Å². The van der Waals surface area contributed by atoms with Gasteiger partial charge in [0.1, 0.15) is 0 Å². The van der Waals surface area contributed by atoms with Crippen LogP contribution in [-0.4, -0.2) is 49.2 Å². The van der Waals surface area contributed by atoms with E-state index in [-0.39, 0.29) is 32.7 Å². The second-order valence-electron chi connectivity index (χ2n) is 8.45. The summed E-state index contributed by atoms with van der Waals surface area (Å²) in [5, 5.41) is 0. The molecule has 0 amide bonds. The summed E-state index contributed by atoms with van der Waals surface area (Å²) in [4.78, 5) is 0. The summed E-state index contributed by atoms with van der Waals surface area (Å²) in [6.07, 6.45) is 8.64. The van der Waals surface area contributed by atoms with Gasteiger partial charge in [0.2, 0.25) is 0 Å².